The van der Waals surface area contributed by atoms with E-state index in [-0.39, 0.29) is 5.91 Å². The highest BCUT2D eigenvalue weighted by Gasteiger charge is 2.12. The van der Waals surface area contributed by atoms with Crippen LogP contribution < -0.4 is 10.2 Å². The smallest absolute Gasteiger partial charge is 0.225 e. The summed E-state index contributed by atoms with van der Waals surface area (Å²) in [6.45, 7) is 4.08. The zero-order chi connectivity index (χ0) is 12.8. The molecule has 1 fully saturated rings. The summed E-state index contributed by atoms with van der Waals surface area (Å²) in [6, 6.07) is 3.75. The van der Waals surface area contributed by atoms with E-state index in [9.17, 15) is 4.79 Å². The lowest BCUT2D eigenvalue weighted by atomic mass is 10.1. The highest BCUT2D eigenvalue weighted by molar-refractivity contribution is 5.89. The van der Waals surface area contributed by atoms with Crippen LogP contribution in [0.15, 0.2) is 12.1 Å². The summed E-state index contributed by atoms with van der Waals surface area (Å²) in [6.07, 6.45) is 5.10. The third-order valence-corrected chi connectivity index (χ3v) is 3.08. The topological polar surface area (TPSA) is 58.1 Å². The van der Waals surface area contributed by atoms with Gasteiger partial charge in [0.1, 0.15) is 0 Å². The van der Waals surface area contributed by atoms with Crippen molar-refractivity contribution in [2.45, 2.75) is 39.0 Å². The van der Waals surface area contributed by atoms with Gasteiger partial charge in [-0.05, 0) is 37.8 Å². The molecule has 2 heterocycles. The highest BCUT2D eigenvalue weighted by atomic mass is 16.1. The molecule has 1 amide bonds. The van der Waals surface area contributed by atoms with Gasteiger partial charge in [0.05, 0.1) is 0 Å². The van der Waals surface area contributed by atoms with Crippen LogP contribution >= 0.6 is 0 Å². The van der Waals surface area contributed by atoms with Crippen molar-refractivity contribution in [3.63, 3.8) is 0 Å². The lowest BCUT2D eigenvalue weighted by molar-refractivity contribution is -0.116. The maximum absolute atomic E-state index is 11.4. The first-order valence-corrected chi connectivity index (χ1v) is 6.68. The second-order valence-electron chi connectivity index (χ2n) is 4.62. The van der Waals surface area contributed by atoms with Crippen LogP contribution in [-0.2, 0) is 4.79 Å². The van der Waals surface area contributed by atoms with Gasteiger partial charge in [-0.3, -0.25) is 4.79 Å². The third kappa shape index (κ3) is 3.42. The Morgan fingerprint density at radius 1 is 1.28 bits per heavy atom. The fraction of sp³-hybridized carbons (Fsp3) is 0.615. The van der Waals surface area contributed by atoms with Crippen LogP contribution in [0.4, 0.5) is 11.6 Å². The zero-order valence-corrected chi connectivity index (χ0v) is 10.9. The van der Waals surface area contributed by atoms with E-state index >= 15 is 0 Å². The fourth-order valence-corrected chi connectivity index (χ4v) is 2.12. The quantitative estimate of drug-likeness (QED) is 0.887. The molecule has 0 unspecified atom stereocenters. The van der Waals surface area contributed by atoms with Gasteiger partial charge in [0.2, 0.25) is 5.91 Å². The molecule has 2 rings (SSSR count). The van der Waals surface area contributed by atoms with Gasteiger partial charge in [-0.25, -0.2) is 0 Å². The van der Waals surface area contributed by atoms with Gasteiger partial charge in [0, 0.05) is 19.5 Å². The number of nitrogens with zero attached hydrogens (tertiary/aromatic N) is 3. The van der Waals surface area contributed by atoms with E-state index in [1.54, 1.807) is 0 Å². The molecular formula is C13H20N4O. The molecule has 1 N–H and O–H groups in total. The zero-order valence-electron chi connectivity index (χ0n) is 10.9. The van der Waals surface area contributed by atoms with Crippen LogP contribution in [0.25, 0.3) is 0 Å². The number of piperidine rings is 1. The molecule has 98 valence electrons. The Labute approximate surface area is 108 Å². The normalized spacial score (nSPS) is 15.5. The lowest BCUT2D eigenvalue weighted by Gasteiger charge is -2.27. The molecule has 5 nitrogen and oxygen atoms in total. The number of hydrogen-bond acceptors (Lipinski definition) is 4. The summed E-state index contributed by atoms with van der Waals surface area (Å²) in [5.41, 5.74) is 0. The second-order valence-corrected chi connectivity index (χ2v) is 4.62. The van der Waals surface area contributed by atoms with Crippen LogP contribution in [0, 0.1) is 0 Å². The molecule has 0 bridgehead atoms. The van der Waals surface area contributed by atoms with Crippen LogP contribution in [0.3, 0.4) is 0 Å². The number of hydrogen-bond donors (Lipinski definition) is 1. The number of nitrogens with one attached hydrogen (secondary N) is 1. The van der Waals surface area contributed by atoms with Crippen molar-refractivity contribution in [3.8, 4) is 0 Å². The van der Waals surface area contributed by atoms with Crippen molar-refractivity contribution in [2.24, 2.45) is 0 Å². The molecule has 1 aliphatic rings. The number of anilines is 2. The number of aromatic nitrogens is 2. The van der Waals surface area contributed by atoms with Crippen LogP contribution in [0.1, 0.15) is 39.0 Å². The summed E-state index contributed by atoms with van der Waals surface area (Å²) in [5.74, 6) is 1.44. The molecule has 0 saturated carbocycles. The third-order valence-electron chi connectivity index (χ3n) is 3.08. The van der Waals surface area contributed by atoms with Crippen LogP contribution in [0.5, 0.6) is 0 Å². The maximum atomic E-state index is 11.4. The molecule has 18 heavy (non-hydrogen) atoms. The Bertz CT molecular complexity index is 384. The van der Waals surface area contributed by atoms with Gasteiger partial charge in [0.15, 0.2) is 11.6 Å². The van der Waals surface area contributed by atoms with E-state index in [2.05, 4.69) is 20.4 Å². The molecular weight excluding hydrogens is 228 g/mol. The van der Waals surface area contributed by atoms with Crippen molar-refractivity contribution in [1.29, 1.82) is 0 Å². The average Bonchev–Trinajstić information content (AvgIpc) is 2.41. The maximum Gasteiger partial charge on any atom is 0.225 e. The summed E-state index contributed by atoms with van der Waals surface area (Å²) in [7, 11) is 0. The Morgan fingerprint density at radius 3 is 2.67 bits per heavy atom. The van der Waals surface area contributed by atoms with Gasteiger partial charge in [-0.15, -0.1) is 10.2 Å². The first kappa shape index (κ1) is 12.8. The Hall–Kier alpha value is -1.65. The molecule has 1 aliphatic heterocycles. The summed E-state index contributed by atoms with van der Waals surface area (Å²) in [4.78, 5) is 13.7. The van der Waals surface area contributed by atoms with Crippen molar-refractivity contribution in [2.75, 3.05) is 23.3 Å². The molecule has 0 atom stereocenters. The number of carbonyl (C=O) groups is 1. The van der Waals surface area contributed by atoms with Crippen molar-refractivity contribution in [3.05, 3.63) is 12.1 Å². The monoisotopic (exact) mass is 248 g/mol. The van der Waals surface area contributed by atoms with E-state index in [0.717, 1.165) is 25.3 Å². The molecule has 0 radical (unpaired) electrons. The summed E-state index contributed by atoms with van der Waals surface area (Å²) < 4.78 is 0. The standard InChI is InChI=1S/C13H20N4O/c1-2-6-13(18)14-11-7-8-12(16-15-11)17-9-4-3-5-10-17/h7-8H,2-6,9-10H2,1H3,(H,14,15,18). The Balaban J connectivity index is 1.94. The van der Waals surface area contributed by atoms with Gasteiger partial charge in [-0.2, -0.15) is 0 Å². The predicted molar refractivity (Wildman–Crippen MR) is 71.6 cm³/mol. The molecule has 0 spiro atoms. The Kier molecular flexibility index (Phi) is 4.50. The molecule has 1 aromatic rings. The minimum absolute atomic E-state index is 0.00229. The summed E-state index contributed by atoms with van der Waals surface area (Å²) >= 11 is 0. The fourth-order valence-electron chi connectivity index (χ4n) is 2.12. The first-order chi connectivity index (χ1) is 8.79. The average molecular weight is 248 g/mol. The van der Waals surface area contributed by atoms with E-state index in [4.69, 9.17) is 0 Å². The number of rotatable bonds is 4. The predicted octanol–water partition coefficient (Wildman–Crippen LogP) is 2.21. The molecule has 1 aromatic heterocycles. The molecule has 5 heteroatoms. The Morgan fingerprint density at radius 2 is 2.06 bits per heavy atom. The number of amides is 1. The molecule has 0 aromatic carbocycles. The van der Waals surface area contributed by atoms with E-state index in [1.807, 2.05) is 19.1 Å². The minimum Gasteiger partial charge on any atom is -0.355 e. The molecule has 0 aliphatic carbocycles. The van der Waals surface area contributed by atoms with Gasteiger partial charge >= 0.3 is 0 Å². The van der Waals surface area contributed by atoms with Crippen LogP contribution in [0.2, 0.25) is 0 Å². The molecule has 1 saturated heterocycles. The lowest BCUT2D eigenvalue weighted by Crippen LogP contribution is -2.30. The summed E-state index contributed by atoms with van der Waals surface area (Å²) in [5, 5.41) is 11.0. The first-order valence-electron chi connectivity index (χ1n) is 6.68. The van der Waals surface area contributed by atoms with Gasteiger partial charge < -0.3 is 10.2 Å². The van der Waals surface area contributed by atoms with Crippen molar-refractivity contribution in [1.82, 2.24) is 10.2 Å². The van der Waals surface area contributed by atoms with Crippen LogP contribution in [-0.4, -0.2) is 29.2 Å². The van der Waals surface area contributed by atoms with E-state index < -0.39 is 0 Å². The van der Waals surface area contributed by atoms with E-state index in [1.165, 1.54) is 19.3 Å². The van der Waals surface area contributed by atoms with Crippen molar-refractivity contribution >= 4 is 17.5 Å². The number of carbonyl (C=O) groups excluding carboxylic acids is 1. The SMILES string of the molecule is CCCC(=O)Nc1ccc(N2CCCCC2)nn1. The largest absolute Gasteiger partial charge is 0.355 e. The van der Waals surface area contributed by atoms with E-state index in [0.29, 0.717) is 12.2 Å². The highest BCUT2D eigenvalue weighted by Crippen LogP contribution is 2.17. The van der Waals surface area contributed by atoms with Gasteiger partial charge in [0.25, 0.3) is 0 Å². The second kappa shape index (κ2) is 6.33. The minimum atomic E-state index is -0.00229. The van der Waals surface area contributed by atoms with Crippen molar-refractivity contribution < 1.29 is 4.79 Å². The van der Waals surface area contributed by atoms with Gasteiger partial charge in [-0.1, -0.05) is 6.92 Å².